The van der Waals surface area contributed by atoms with Crippen LogP contribution in [0.2, 0.25) is 0 Å². The Labute approximate surface area is 91.7 Å². The fourth-order valence-electron chi connectivity index (χ4n) is 1.58. The standard InChI is InChI=1S/C11H13F3O2/c1-7-5-4-6-8(16-3)9(7)10(2,15)11(12,13)14/h4-6,15H,1-3H3. The zero-order valence-corrected chi connectivity index (χ0v) is 9.22. The SMILES string of the molecule is COc1cccc(C)c1C(C)(O)C(F)(F)F. The van der Waals surface area contributed by atoms with E-state index in [-0.39, 0.29) is 11.3 Å². The highest BCUT2D eigenvalue weighted by atomic mass is 19.4. The van der Waals surface area contributed by atoms with Crippen LogP contribution in [-0.2, 0) is 5.60 Å². The van der Waals surface area contributed by atoms with Gasteiger partial charge in [-0.1, -0.05) is 12.1 Å². The highest BCUT2D eigenvalue weighted by Crippen LogP contribution is 2.43. The summed E-state index contributed by atoms with van der Waals surface area (Å²) in [5.41, 5.74) is -2.82. The van der Waals surface area contributed by atoms with Crippen molar-refractivity contribution in [1.82, 2.24) is 0 Å². The van der Waals surface area contributed by atoms with Gasteiger partial charge in [-0.15, -0.1) is 0 Å². The molecular weight excluding hydrogens is 221 g/mol. The number of aliphatic hydroxyl groups is 1. The van der Waals surface area contributed by atoms with Gasteiger partial charge in [-0.05, 0) is 25.5 Å². The molecule has 0 saturated carbocycles. The second kappa shape index (κ2) is 3.97. The van der Waals surface area contributed by atoms with Crippen LogP contribution in [-0.4, -0.2) is 18.4 Å². The maximum atomic E-state index is 12.7. The highest BCUT2D eigenvalue weighted by molar-refractivity contribution is 5.44. The Hall–Kier alpha value is -1.23. The quantitative estimate of drug-likeness (QED) is 0.852. The molecule has 1 atom stereocenters. The molecule has 0 aliphatic carbocycles. The molecule has 0 fully saturated rings. The summed E-state index contributed by atoms with van der Waals surface area (Å²) in [6.45, 7) is 2.22. The Morgan fingerprint density at radius 2 is 1.81 bits per heavy atom. The van der Waals surface area contributed by atoms with Crippen LogP contribution in [0.5, 0.6) is 5.75 Å². The number of aryl methyl sites for hydroxylation is 1. The highest BCUT2D eigenvalue weighted by Gasteiger charge is 2.53. The van der Waals surface area contributed by atoms with Crippen LogP contribution in [0.15, 0.2) is 18.2 Å². The van der Waals surface area contributed by atoms with Gasteiger partial charge in [-0.2, -0.15) is 13.2 Å². The van der Waals surface area contributed by atoms with E-state index in [1.807, 2.05) is 0 Å². The number of alkyl halides is 3. The molecule has 0 radical (unpaired) electrons. The number of rotatable bonds is 2. The largest absolute Gasteiger partial charge is 0.496 e. The van der Waals surface area contributed by atoms with E-state index in [4.69, 9.17) is 4.74 Å². The molecule has 1 aromatic rings. The predicted octanol–water partition coefficient (Wildman–Crippen LogP) is 2.77. The van der Waals surface area contributed by atoms with Crippen molar-refractivity contribution >= 4 is 0 Å². The van der Waals surface area contributed by atoms with Gasteiger partial charge in [-0.3, -0.25) is 0 Å². The van der Waals surface area contributed by atoms with Gasteiger partial charge in [0.2, 0.25) is 0 Å². The average Bonchev–Trinajstić information content (AvgIpc) is 2.15. The van der Waals surface area contributed by atoms with Crippen molar-refractivity contribution < 1.29 is 23.0 Å². The molecule has 1 aromatic carbocycles. The number of methoxy groups -OCH3 is 1. The first-order valence-electron chi connectivity index (χ1n) is 4.65. The minimum Gasteiger partial charge on any atom is -0.496 e. The number of hydrogen-bond acceptors (Lipinski definition) is 2. The van der Waals surface area contributed by atoms with Crippen LogP contribution in [0, 0.1) is 6.92 Å². The summed E-state index contributed by atoms with van der Waals surface area (Å²) in [4.78, 5) is 0. The normalized spacial score (nSPS) is 15.7. The molecule has 0 aromatic heterocycles. The minimum atomic E-state index is -4.74. The molecule has 1 unspecified atom stereocenters. The zero-order valence-electron chi connectivity index (χ0n) is 9.22. The summed E-state index contributed by atoms with van der Waals surface area (Å²) in [6, 6.07) is 4.46. The number of halogens is 3. The van der Waals surface area contributed by atoms with E-state index in [0.717, 1.165) is 6.92 Å². The van der Waals surface area contributed by atoms with Gasteiger partial charge in [0.1, 0.15) is 5.75 Å². The number of hydrogen-bond donors (Lipinski definition) is 1. The van der Waals surface area contributed by atoms with Crippen LogP contribution < -0.4 is 4.74 Å². The van der Waals surface area contributed by atoms with Crippen molar-refractivity contribution in [2.75, 3.05) is 7.11 Å². The lowest BCUT2D eigenvalue weighted by Crippen LogP contribution is -2.40. The first kappa shape index (κ1) is 12.8. The van der Waals surface area contributed by atoms with E-state index in [1.165, 1.54) is 26.2 Å². The minimum absolute atomic E-state index is 0.0299. The Bertz CT molecular complexity index is 383. The van der Waals surface area contributed by atoms with Crippen molar-refractivity contribution in [3.63, 3.8) is 0 Å². The lowest BCUT2D eigenvalue weighted by Gasteiger charge is -2.29. The fourth-order valence-corrected chi connectivity index (χ4v) is 1.58. The van der Waals surface area contributed by atoms with Crippen molar-refractivity contribution in [3.8, 4) is 5.75 Å². The third-order valence-corrected chi connectivity index (χ3v) is 2.49. The zero-order chi connectivity index (χ0) is 12.6. The molecule has 0 heterocycles. The maximum Gasteiger partial charge on any atom is 0.421 e. The Balaban J connectivity index is 3.43. The lowest BCUT2D eigenvalue weighted by atomic mass is 9.90. The predicted molar refractivity (Wildman–Crippen MR) is 53.4 cm³/mol. The van der Waals surface area contributed by atoms with Crippen LogP contribution in [0.4, 0.5) is 13.2 Å². The van der Waals surface area contributed by atoms with E-state index >= 15 is 0 Å². The van der Waals surface area contributed by atoms with Crippen molar-refractivity contribution in [2.45, 2.75) is 25.6 Å². The van der Waals surface area contributed by atoms with Crippen LogP contribution in [0.3, 0.4) is 0 Å². The maximum absolute atomic E-state index is 12.7. The topological polar surface area (TPSA) is 29.5 Å². The van der Waals surface area contributed by atoms with Crippen LogP contribution >= 0.6 is 0 Å². The van der Waals surface area contributed by atoms with Crippen molar-refractivity contribution in [3.05, 3.63) is 29.3 Å². The average molecular weight is 234 g/mol. The number of ether oxygens (including phenoxy) is 1. The third-order valence-electron chi connectivity index (χ3n) is 2.49. The van der Waals surface area contributed by atoms with Crippen molar-refractivity contribution in [1.29, 1.82) is 0 Å². The molecule has 0 aliphatic heterocycles. The molecule has 2 nitrogen and oxygen atoms in total. The van der Waals surface area contributed by atoms with Crippen LogP contribution in [0.25, 0.3) is 0 Å². The molecule has 90 valence electrons. The first-order chi connectivity index (χ1) is 7.21. The summed E-state index contributed by atoms with van der Waals surface area (Å²) in [7, 11) is 1.27. The Morgan fingerprint density at radius 3 is 2.25 bits per heavy atom. The molecule has 0 aliphatic rings. The molecule has 1 N–H and O–H groups in total. The monoisotopic (exact) mass is 234 g/mol. The molecule has 16 heavy (non-hydrogen) atoms. The fraction of sp³-hybridized carbons (Fsp3) is 0.455. The Morgan fingerprint density at radius 1 is 1.25 bits per heavy atom. The molecule has 0 bridgehead atoms. The third kappa shape index (κ3) is 2.00. The molecule has 0 amide bonds. The number of benzene rings is 1. The molecular formula is C11H13F3O2. The molecule has 0 saturated heterocycles. The van der Waals surface area contributed by atoms with E-state index in [9.17, 15) is 18.3 Å². The summed E-state index contributed by atoms with van der Waals surface area (Å²) in [5, 5.41) is 9.61. The summed E-state index contributed by atoms with van der Waals surface area (Å²) in [5.74, 6) is 0.0299. The molecule has 0 spiro atoms. The van der Waals surface area contributed by atoms with E-state index < -0.39 is 11.8 Å². The smallest absolute Gasteiger partial charge is 0.421 e. The van der Waals surface area contributed by atoms with Crippen molar-refractivity contribution in [2.24, 2.45) is 0 Å². The summed E-state index contributed by atoms with van der Waals surface area (Å²) >= 11 is 0. The van der Waals surface area contributed by atoms with Gasteiger partial charge in [0, 0.05) is 5.56 Å². The first-order valence-corrected chi connectivity index (χ1v) is 4.65. The summed E-state index contributed by atoms with van der Waals surface area (Å²) < 4.78 is 43.0. The molecule has 5 heteroatoms. The van der Waals surface area contributed by atoms with Gasteiger partial charge < -0.3 is 9.84 Å². The second-order valence-electron chi connectivity index (χ2n) is 3.72. The van der Waals surface area contributed by atoms with Gasteiger partial charge in [-0.25, -0.2) is 0 Å². The second-order valence-corrected chi connectivity index (χ2v) is 3.72. The van der Waals surface area contributed by atoms with Gasteiger partial charge in [0.15, 0.2) is 5.60 Å². The molecule has 1 rings (SSSR count). The van der Waals surface area contributed by atoms with E-state index in [0.29, 0.717) is 5.56 Å². The Kier molecular flexibility index (Phi) is 3.19. The van der Waals surface area contributed by atoms with Gasteiger partial charge in [0.05, 0.1) is 7.11 Å². The summed E-state index contributed by atoms with van der Waals surface area (Å²) in [6.07, 6.45) is -4.74. The lowest BCUT2D eigenvalue weighted by molar-refractivity contribution is -0.259. The van der Waals surface area contributed by atoms with Gasteiger partial charge in [0.25, 0.3) is 0 Å². The van der Waals surface area contributed by atoms with Gasteiger partial charge >= 0.3 is 6.18 Å². The van der Waals surface area contributed by atoms with Crippen LogP contribution in [0.1, 0.15) is 18.1 Å². The van der Waals surface area contributed by atoms with E-state index in [1.54, 1.807) is 6.07 Å². The van der Waals surface area contributed by atoms with E-state index in [2.05, 4.69) is 0 Å².